The lowest BCUT2D eigenvalue weighted by atomic mass is 10.3. The zero-order chi connectivity index (χ0) is 18.7. The van der Waals surface area contributed by atoms with Crippen LogP contribution in [0.15, 0.2) is 52.9 Å². The van der Waals surface area contributed by atoms with E-state index in [1.165, 1.54) is 23.1 Å². The molecular weight excluding hydrogens is 429 g/mol. The molecule has 1 unspecified atom stereocenters. The van der Waals surface area contributed by atoms with Crippen LogP contribution in [0.4, 0.5) is 5.69 Å². The van der Waals surface area contributed by atoms with Gasteiger partial charge in [0.25, 0.3) is 0 Å². The third kappa shape index (κ3) is 4.86. The SMILES string of the molecule is CC(Sc1nn(-c2ccccc2)c(=S)s1)C(=O)Nc1cc(Cl)cc(Cl)c1. The van der Waals surface area contributed by atoms with Gasteiger partial charge < -0.3 is 5.32 Å². The number of nitrogens with one attached hydrogen (secondary N) is 1. The maximum atomic E-state index is 12.4. The highest BCUT2D eigenvalue weighted by atomic mass is 35.5. The number of para-hydroxylation sites is 1. The van der Waals surface area contributed by atoms with E-state index < -0.39 is 0 Å². The lowest BCUT2D eigenvalue weighted by Gasteiger charge is -2.11. The highest BCUT2D eigenvalue weighted by Gasteiger charge is 2.18. The van der Waals surface area contributed by atoms with E-state index >= 15 is 0 Å². The van der Waals surface area contributed by atoms with E-state index in [0.717, 1.165) is 10.0 Å². The van der Waals surface area contributed by atoms with E-state index in [2.05, 4.69) is 10.4 Å². The summed E-state index contributed by atoms with van der Waals surface area (Å²) >= 11 is 20.0. The van der Waals surface area contributed by atoms with Gasteiger partial charge in [0.15, 0.2) is 8.29 Å². The van der Waals surface area contributed by atoms with E-state index in [0.29, 0.717) is 19.7 Å². The lowest BCUT2D eigenvalue weighted by Crippen LogP contribution is -2.22. The maximum Gasteiger partial charge on any atom is 0.237 e. The number of amides is 1. The molecule has 0 bridgehead atoms. The van der Waals surface area contributed by atoms with Crippen molar-refractivity contribution in [3.63, 3.8) is 0 Å². The normalized spacial score (nSPS) is 12.0. The molecule has 0 fully saturated rings. The minimum atomic E-state index is -0.363. The fraction of sp³-hybridized carbons (Fsp3) is 0.118. The maximum absolute atomic E-state index is 12.4. The first-order valence-corrected chi connectivity index (χ1v) is 10.4. The molecule has 3 rings (SSSR count). The molecule has 4 nitrogen and oxygen atoms in total. The topological polar surface area (TPSA) is 46.9 Å². The number of aromatic nitrogens is 2. The Morgan fingerprint density at radius 3 is 2.54 bits per heavy atom. The lowest BCUT2D eigenvalue weighted by molar-refractivity contribution is -0.115. The van der Waals surface area contributed by atoms with Gasteiger partial charge in [-0.2, -0.15) is 0 Å². The molecule has 134 valence electrons. The first-order chi connectivity index (χ1) is 12.4. The Kier molecular flexibility index (Phi) is 6.37. The monoisotopic (exact) mass is 441 g/mol. The summed E-state index contributed by atoms with van der Waals surface area (Å²) in [5.74, 6) is -0.166. The molecule has 0 radical (unpaired) electrons. The van der Waals surface area contributed by atoms with Crippen molar-refractivity contribution in [1.82, 2.24) is 9.78 Å². The Balaban J connectivity index is 1.71. The van der Waals surface area contributed by atoms with Crippen LogP contribution in [0.25, 0.3) is 5.69 Å². The molecule has 2 aromatic carbocycles. The summed E-state index contributed by atoms with van der Waals surface area (Å²) in [5, 5.41) is 7.89. The summed E-state index contributed by atoms with van der Waals surface area (Å²) < 4.78 is 3.06. The molecule has 1 atom stereocenters. The summed E-state index contributed by atoms with van der Waals surface area (Å²) in [6, 6.07) is 14.6. The van der Waals surface area contributed by atoms with Gasteiger partial charge in [0.2, 0.25) is 5.91 Å². The first kappa shape index (κ1) is 19.4. The Bertz CT molecular complexity index is 968. The van der Waals surface area contributed by atoms with Gasteiger partial charge in [-0.15, -0.1) is 5.10 Å². The van der Waals surface area contributed by atoms with Crippen molar-refractivity contribution in [2.24, 2.45) is 0 Å². The van der Waals surface area contributed by atoms with Gasteiger partial charge >= 0.3 is 0 Å². The first-order valence-electron chi connectivity index (χ1n) is 7.51. The average molecular weight is 442 g/mol. The Morgan fingerprint density at radius 1 is 1.23 bits per heavy atom. The van der Waals surface area contributed by atoms with Gasteiger partial charge in [0.1, 0.15) is 0 Å². The van der Waals surface area contributed by atoms with Gasteiger partial charge in [0, 0.05) is 15.7 Å². The van der Waals surface area contributed by atoms with Gasteiger partial charge in [-0.05, 0) is 49.5 Å². The summed E-state index contributed by atoms with van der Waals surface area (Å²) in [4.78, 5) is 12.4. The molecular formula is C17H13Cl2N3OS3. The van der Waals surface area contributed by atoms with Gasteiger partial charge in [-0.1, -0.05) is 64.5 Å². The van der Waals surface area contributed by atoms with Crippen LogP contribution in [0.5, 0.6) is 0 Å². The highest BCUT2D eigenvalue weighted by Crippen LogP contribution is 2.29. The zero-order valence-corrected chi connectivity index (χ0v) is 17.4. The minimum Gasteiger partial charge on any atom is -0.325 e. The molecule has 1 amide bonds. The second kappa shape index (κ2) is 8.54. The van der Waals surface area contributed by atoms with Crippen molar-refractivity contribution in [2.75, 3.05) is 5.32 Å². The van der Waals surface area contributed by atoms with Crippen molar-refractivity contribution >= 4 is 70.1 Å². The molecule has 1 N–H and O–H groups in total. The van der Waals surface area contributed by atoms with E-state index in [1.54, 1.807) is 22.9 Å². The van der Waals surface area contributed by atoms with E-state index in [4.69, 9.17) is 35.4 Å². The predicted molar refractivity (Wildman–Crippen MR) is 113 cm³/mol. The molecule has 0 spiro atoms. The molecule has 0 aliphatic rings. The number of hydrogen-bond acceptors (Lipinski definition) is 5. The Hall–Kier alpha value is -1.38. The fourth-order valence-electron chi connectivity index (χ4n) is 2.12. The van der Waals surface area contributed by atoms with Gasteiger partial charge in [0.05, 0.1) is 10.9 Å². The van der Waals surface area contributed by atoms with E-state index in [9.17, 15) is 4.79 Å². The number of thioether (sulfide) groups is 1. The minimum absolute atomic E-state index is 0.166. The number of hydrogen-bond donors (Lipinski definition) is 1. The van der Waals surface area contributed by atoms with Crippen LogP contribution in [-0.2, 0) is 4.79 Å². The smallest absolute Gasteiger partial charge is 0.237 e. The zero-order valence-electron chi connectivity index (χ0n) is 13.5. The van der Waals surface area contributed by atoms with Crippen LogP contribution in [0, 0.1) is 3.95 Å². The molecule has 3 aromatic rings. The predicted octanol–water partition coefficient (Wildman–Crippen LogP) is 6.09. The molecule has 1 heterocycles. The molecule has 26 heavy (non-hydrogen) atoms. The number of carbonyl (C=O) groups is 1. The van der Waals surface area contributed by atoms with Crippen LogP contribution in [0.3, 0.4) is 0 Å². The number of rotatable bonds is 5. The Labute approximate surface area is 174 Å². The van der Waals surface area contributed by atoms with Crippen LogP contribution in [-0.4, -0.2) is 20.9 Å². The molecule has 0 saturated carbocycles. The van der Waals surface area contributed by atoms with Crippen LogP contribution < -0.4 is 5.32 Å². The summed E-state index contributed by atoms with van der Waals surface area (Å²) in [6.45, 7) is 1.81. The van der Waals surface area contributed by atoms with Crippen molar-refractivity contribution in [3.05, 3.63) is 62.5 Å². The molecule has 9 heteroatoms. The second-order valence-corrected chi connectivity index (χ2v) is 9.37. The number of halogens is 2. The highest BCUT2D eigenvalue weighted by molar-refractivity contribution is 8.02. The van der Waals surface area contributed by atoms with Crippen LogP contribution in [0.2, 0.25) is 10.0 Å². The largest absolute Gasteiger partial charge is 0.325 e. The summed E-state index contributed by atoms with van der Waals surface area (Å²) in [5.41, 5.74) is 1.45. The van der Waals surface area contributed by atoms with Crippen molar-refractivity contribution in [1.29, 1.82) is 0 Å². The number of benzene rings is 2. The van der Waals surface area contributed by atoms with Crippen LogP contribution >= 0.6 is 58.5 Å². The van der Waals surface area contributed by atoms with Crippen LogP contribution in [0.1, 0.15) is 6.92 Å². The standard InChI is InChI=1S/C17H13Cl2N3OS3/c1-10(15(23)20-13-8-11(18)7-12(19)9-13)25-16-21-22(17(24)26-16)14-5-3-2-4-6-14/h2-10H,1H3,(H,20,23). The fourth-order valence-corrected chi connectivity index (χ4v) is 5.15. The van der Waals surface area contributed by atoms with E-state index in [1.807, 2.05) is 37.3 Å². The molecule has 0 aliphatic carbocycles. The number of carbonyl (C=O) groups excluding carboxylic acids is 1. The molecule has 1 aromatic heterocycles. The summed E-state index contributed by atoms with van der Waals surface area (Å²) in [7, 11) is 0. The average Bonchev–Trinajstić information content (AvgIpc) is 2.95. The summed E-state index contributed by atoms with van der Waals surface area (Å²) in [6.07, 6.45) is 0. The third-order valence-corrected chi connectivity index (χ3v) is 6.16. The van der Waals surface area contributed by atoms with Gasteiger partial charge in [-0.25, -0.2) is 4.68 Å². The molecule has 0 saturated heterocycles. The van der Waals surface area contributed by atoms with E-state index in [-0.39, 0.29) is 11.2 Å². The number of anilines is 1. The quantitative estimate of drug-likeness (QED) is 0.384. The third-order valence-electron chi connectivity index (χ3n) is 3.31. The Morgan fingerprint density at radius 2 is 1.88 bits per heavy atom. The van der Waals surface area contributed by atoms with Crippen molar-refractivity contribution in [2.45, 2.75) is 16.5 Å². The van der Waals surface area contributed by atoms with Crippen molar-refractivity contribution < 1.29 is 4.79 Å². The molecule has 0 aliphatic heterocycles. The second-order valence-electron chi connectivity index (χ2n) is 5.29. The number of nitrogens with zero attached hydrogens (tertiary/aromatic N) is 2. The van der Waals surface area contributed by atoms with Crippen molar-refractivity contribution in [3.8, 4) is 5.69 Å². The van der Waals surface area contributed by atoms with Gasteiger partial charge in [-0.3, -0.25) is 4.79 Å².